The molecule has 3 heterocycles. The highest BCUT2D eigenvalue weighted by molar-refractivity contribution is 5.79. The van der Waals surface area contributed by atoms with Crippen molar-refractivity contribution in [2.45, 2.75) is 6.92 Å². The van der Waals surface area contributed by atoms with Gasteiger partial charge in [0.1, 0.15) is 5.69 Å². The number of aromatic amines is 2. The Morgan fingerprint density at radius 1 is 0.741 bits per heavy atom. The van der Waals surface area contributed by atoms with E-state index in [-0.39, 0.29) is 0 Å². The second-order valence-corrected chi connectivity index (χ2v) is 6.54. The predicted octanol–water partition coefficient (Wildman–Crippen LogP) is 4.99. The van der Waals surface area contributed by atoms with Gasteiger partial charge in [-0.15, -0.1) is 0 Å². The second kappa shape index (κ2) is 6.21. The largest absolute Gasteiger partial charge is 0.337 e. The van der Waals surface area contributed by atoms with Gasteiger partial charge < -0.3 is 4.98 Å². The van der Waals surface area contributed by atoms with Crippen molar-refractivity contribution in [1.82, 2.24) is 25.1 Å². The monoisotopic (exact) mass is 351 g/mol. The molecule has 130 valence electrons. The molecule has 3 aromatic heterocycles. The maximum Gasteiger partial charge on any atom is 0.157 e. The number of H-pyrrole nitrogens is 2. The van der Waals surface area contributed by atoms with Crippen LogP contribution >= 0.6 is 0 Å². The second-order valence-electron chi connectivity index (χ2n) is 6.54. The minimum absolute atomic E-state index is 0.760. The van der Waals surface area contributed by atoms with Crippen LogP contribution in [0.2, 0.25) is 0 Å². The van der Waals surface area contributed by atoms with Crippen LogP contribution in [-0.4, -0.2) is 25.1 Å². The SMILES string of the molecule is Cc1ccc(-c2cc(-c3cccc(-c4nc5ccccc5[nH]4)n3)[nH]n2)cc1. The molecule has 2 N–H and O–H groups in total. The number of rotatable bonds is 3. The number of para-hydroxylation sites is 2. The van der Waals surface area contributed by atoms with E-state index in [1.165, 1.54) is 5.56 Å². The third-order valence-corrected chi connectivity index (χ3v) is 4.58. The maximum atomic E-state index is 4.76. The van der Waals surface area contributed by atoms with Gasteiger partial charge in [-0.05, 0) is 37.3 Å². The average Bonchev–Trinajstić information content (AvgIpc) is 3.36. The van der Waals surface area contributed by atoms with Crippen LogP contribution in [0.5, 0.6) is 0 Å². The van der Waals surface area contributed by atoms with E-state index in [4.69, 9.17) is 4.98 Å². The number of aryl methyl sites for hydroxylation is 1. The molecular weight excluding hydrogens is 334 g/mol. The van der Waals surface area contributed by atoms with Crippen LogP contribution in [0.25, 0.3) is 45.2 Å². The lowest BCUT2D eigenvalue weighted by Crippen LogP contribution is -1.89. The summed E-state index contributed by atoms with van der Waals surface area (Å²) in [7, 11) is 0. The lowest BCUT2D eigenvalue weighted by molar-refractivity contribution is 1.09. The first-order valence-electron chi connectivity index (χ1n) is 8.81. The quantitative estimate of drug-likeness (QED) is 0.481. The fourth-order valence-electron chi connectivity index (χ4n) is 3.12. The number of fused-ring (bicyclic) bond motifs is 1. The summed E-state index contributed by atoms with van der Waals surface area (Å²) in [6.07, 6.45) is 0. The van der Waals surface area contributed by atoms with Gasteiger partial charge in [0.25, 0.3) is 0 Å². The summed E-state index contributed by atoms with van der Waals surface area (Å²) in [6, 6.07) is 24.2. The van der Waals surface area contributed by atoms with Crippen LogP contribution < -0.4 is 0 Å². The van der Waals surface area contributed by atoms with Gasteiger partial charge in [-0.1, -0.05) is 48.0 Å². The van der Waals surface area contributed by atoms with Crippen molar-refractivity contribution >= 4 is 11.0 Å². The molecule has 0 radical (unpaired) electrons. The van der Waals surface area contributed by atoms with Gasteiger partial charge in [0.05, 0.1) is 28.1 Å². The lowest BCUT2D eigenvalue weighted by Gasteiger charge is -2.00. The van der Waals surface area contributed by atoms with Crippen molar-refractivity contribution in [2.75, 3.05) is 0 Å². The Morgan fingerprint density at radius 2 is 1.56 bits per heavy atom. The van der Waals surface area contributed by atoms with Crippen molar-refractivity contribution < 1.29 is 0 Å². The Hall–Kier alpha value is -3.73. The molecule has 0 atom stereocenters. The highest BCUT2D eigenvalue weighted by atomic mass is 15.1. The lowest BCUT2D eigenvalue weighted by atomic mass is 10.1. The molecule has 0 bridgehead atoms. The highest BCUT2D eigenvalue weighted by Gasteiger charge is 2.10. The summed E-state index contributed by atoms with van der Waals surface area (Å²) in [4.78, 5) is 12.7. The van der Waals surface area contributed by atoms with Gasteiger partial charge in [-0.2, -0.15) is 5.10 Å². The van der Waals surface area contributed by atoms with Crippen molar-refractivity contribution in [2.24, 2.45) is 0 Å². The standard InChI is InChI=1S/C22H17N5/c1-14-9-11-15(12-10-14)20-13-21(27-26-20)18-7-4-8-19(23-18)22-24-16-5-2-3-6-17(16)25-22/h2-13H,1H3,(H,24,25)(H,26,27). The number of pyridine rings is 1. The molecular formula is C22H17N5. The van der Waals surface area contributed by atoms with Crippen LogP contribution in [0.1, 0.15) is 5.56 Å². The molecule has 5 heteroatoms. The number of benzene rings is 2. The fourth-order valence-corrected chi connectivity index (χ4v) is 3.12. The molecule has 5 nitrogen and oxygen atoms in total. The normalized spacial score (nSPS) is 11.1. The van der Waals surface area contributed by atoms with E-state index in [1.54, 1.807) is 0 Å². The molecule has 5 rings (SSSR count). The van der Waals surface area contributed by atoms with E-state index in [1.807, 2.05) is 48.5 Å². The number of hydrogen-bond acceptors (Lipinski definition) is 3. The van der Waals surface area contributed by atoms with Gasteiger partial charge >= 0.3 is 0 Å². The molecule has 0 aliphatic rings. The summed E-state index contributed by atoms with van der Waals surface area (Å²) < 4.78 is 0. The van der Waals surface area contributed by atoms with Crippen LogP contribution in [0.15, 0.2) is 72.8 Å². The molecule has 0 amide bonds. The van der Waals surface area contributed by atoms with Crippen molar-refractivity contribution in [3.8, 4) is 34.2 Å². The van der Waals surface area contributed by atoms with Gasteiger partial charge in [-0.3, -0.25) is 5.10 Å². The molecule has 0 aliphatic carbocycles. The van der Waals surface area contributed by atoms with Crippen LogP contribution in [0.3, 0.4) is 0 Å². The first kappa shape index (κ1) is 15.5. The number of aromatic nitrogens is 5. The molecule has 0 saturated carbocycles. The van der Waals surface area contributed by atoms with Crippen LogP contribution in [0.4, 0.5) is 0 Å². The molecule has 0 fully saturated rings. The van der Waals surface area contributed by atoms with E-state index >= 15 is 0 Å². The minimum atomic E-state index is 0.760. The average molecular weight is 351 g/mol. The molecule has 0 saturated heterocycles. The van der Waals surface area contributed by atoms with E-state index in [0.29, 0.717) is 0 Å². The summed E-state index contributed by atoms with van der Waals surface area (Å²) >= 11 is 0. The molecule has 27 heavy (non-hydrogen) atoms. The Labute approximate surface area is 156 Å². The van der Waals surface area contributed by atoms with E-state index in [9.17, 15) is 0 Å². The van der Waals surface area contributed by atoms with E-state index < -0.39 is 0 Å². The first-order valence-corrected chi connectivity index (χ1v) is 8.81. The van der Waals surface area contributed by atoms with Gasteiger partial charge in [0.15, 0.2) is 5.82 Å². The Balaban J connectivity index is 1.51. The Morgan fingerprint density at radius 3 is 2.41 bits per heavy atom. The number of nitrogens with one attached hydrogen (secondary N) is 2. The molecule has 0 spiro atoms. The third kappa shape index (κ3) is 2.89. The van der Waals surface area contributed by atoms with Crippen LogP contribution in [-0.2, 0) is 0 Å². The minimum Gasteiger partial charge on any atom is -0.337 e. The van der Waals surface area contributed by atoms with E-state index in [0.717, 1.165) is 45.2 Å². The van der Waals surface area contributed by atoms with Gasteiger partial charge in [-0.25, -0.2) is 9.97 Å². The molecule has 5 aromatic rings. The number of nitrogens with zero attached hydrogens (tertiary/aromatic N) is 3. The highest BCUT2D eigenvalue weighted by Crippen LogP contribution is 2.25. The van der Waals surface area contributed by atoms with E-state index in [2.05, 4.69) is 51.4 Å². The topological polar surface area (TPSA) is 70.2 Å². The summed E-state index contributed by atoms with van der Waals surface area (Å²) in [5.41, 5.74) is 7.66. The maximum absolute atomic E-state index is 4.76. The molecule has 2 aromatic carbocycles. The summed E-state index contributed by atoms with van der Waals surface area (Å²) in [5.74, 6) is 0.760. The van der Waals surface area contributed by atoms with Gasteiger partial charge in [0.2, 0.25) is 0 Å². The zero-order chi connectivity index (χ0) is 18.2. The van der Waals surface area contributed by atoms with Gasteiger partial charge in [0, 0.05) is 5.56 Å². The number of imidazole rings is 1. The number of hydrogen-bond donors (Lipinski definition) is 2. The fraction of sp³-hybridized carbons (Fsp3) is 0.0455. The van der Waals surface area contributed by atoms with Crippen molar-refractivity contribution in [3.05, 3.63) is 78.4 Å². The molecule has 0 unspecified atom stereocenters. The summed E-state index contributed by atoms with van der Waals surface area (Å²) in [5, 5.41) is 7.54. The van der Waals surface area contributed by atoms with Crippen molar-refractivity contribution in [3.63, 3.8) is 0 Å². The third-order valence-electron chi connectivity index (χ3n) is 4.58. The zero-order valence-corrected chi connectivity index (χ0v) is 14.8. The van der Waals surface area contributed by atoms with Crippen molar-refractivity contribution in [1.29, 1.82) is 0 Å². The zero-order valence-electron chi connectivity index (χ0n) is 14.8. The Kier molecular flexibility index (Phi) is 3.57. The predicted molar refractivity (Wildman–Crippen MR) is 107 cm³/mol. The smallest absolute Gasteiger partial charge is 0.157 e. The molecule has 0 aliphatic heterocycles. The first-order chi connectivity index (χ1) is 13.3. The Bertz CT molecular complexity index is 1200. The van der Waals surface area contributed by atoms with Crippen LogP contribution in [0, 0.1) is 6.92 Å². The summed E-state index contributed by atoms with van der Waals surface area (Å²) in [6.45, 7) is 2.08.